The number of carbonyl (C=O) groups excluding carboxylic acids is 1. The van der Waals surface area contributed by atoms with Crippen molar-refractivity contribution in [3.8, 4) is 0 Å². The average molecular weight is 280 g/mol. The van der Waals surface area contributed by atoms with Crippen LogP contribution in [-0.2, 0) is 16.4 Å². The molecule has 0 aliphatic heterocycles. The van der Waals surface area contributed by atoms with Crippen molar-refractivity contribution in [1.82, 2.24) is 4.72 Å². The molecule has 2 aliphatic rings. The Labute approximate surface area is 112 Å². The van der Waals surface area contributed by atoms with Gasteiger partial charge in [-0.15, -0.1) is 0 Å². The first-order valence-corrected chi connectivity index (χ1v) is 7.96. The van der Waals surface area contributed by atoms with Crippen molar-refractivity contribution in [1.29, 1.82) is 0 Å². The van der Waals surface area contributed by atoms with E-state index in [-0.39, 0.29) is 11.3 Å². The van der Waals surface area contributed by atoms with Crippen molar-refractivity contribution in [2.75, 3.05) is 0 Å². The van der Waals surface area contributed by atoms with Crippen LogP contribution in [-0.4, -0.2) is 19.6 Å². The topological polar surface area (TPSA) is 89.3 Å². The summed E-state index contributed by atoms with van der Waals surface area (Å²) in [5.41, 5.74) is 7.62. The van der Waals surface area contributed by atoms with Crippen LogP contribution < -0.4 is 10.5 Å². The van der Waals surface area contributed by atoms with E-state index >= 15 is 0 Å². The van der Waals surface area contributed by atoms with Crippen molar-refractivity contribution in [2.24, 2.45) is 5.73 Å². The van der Waals surface area contributed by atoms with Gasteiger partial charge in [0.1, 0.15) is 0 Å². The summed E-state index contributed by atoms with van der Waals surface area (Å²) in [6, 6.07) is 5.09. The predicted octanol–water partition coefficient (Wildman–Crippen LogP) is 0.855. The largest absolute Gasteiger partial charge is 0.366 e. The molecule has 1 unspecified atom stereocenters. The number of hydrogen-bond donors (Lipinski definition) is 2. The number of amides is 1. The summed E-state index contributed by atoms with van der Waals surface area (Å²) in [6.07, 6.45) is 2.87. The lowest BCUT2D eigenvalue weighted by Gasteiger charge is -2.14. The molecule has 19 heavy (non-hydrogen) atoms. The minimum absolute atomic E-state index is 0.222. The van der Waals surface area contributed by atoms with Crippen molar-refractivity contribution in [3.05, 3.63) is 34.9 Å². The Morgan fingerprint density at radius 3 is 2.63 bits per heavy atom. The van der Waals surface area contributed by atoms with E-state index in [4.69, 9.17) is 5.73 Å². The van der Waals surface area contributed by atoms with E-state index in [9.17, 15) is 13.2 Å². The SMILES string of the molecule is NC(=O)c1cccc2c1CCC2NS(=O)(=O)C1CC1. The minimum atomic E-state index is -3.21. The normalized spacial score (nSPS) is 22.2. The number of nitrogens with one attached hydrogen (secondary N) is 1. The number of hydrogen-bond acceptors (Lipinski definition) is 3. The second kappa shape index (κ2) is 4.31. The van der Waals surface area contributed by atoms with Crippen LogP contribution in [0.3, 0.4) is 0 Å². The van der Waals surface area contributed by atoms with Gasteiger partial charge in [-0.25, -0.2) is 13.1 Å². The van der Waals surface area contributed by atoms with Crippen LogP contribution in [0, 0.1) is 0 Å². The fourth-order valence-corrected chi connectivity index (χ4v) is 4.27. The van der Waals surface area contributed by atoms with Crippen molar-refractivity contribution >= 4 is 15.9 Å². The number of primary amides is 1. The molecular weight excluding hydrogens is 264 g/mol. The number of fused-ring (bicyclic) bond motifs is 1. The number of carbonyl (C=O) groups is 1. The molecule has 0 aromatic heterocycles. The van der Waals surface area contributed by atoms with Gasteiger partial charge in [0.25, 0.3) is 0 Å². The summed E-state index contributed by atoms with van der Waals surface area (Å²) in [5.74, 6) is -0.456. The predicted molar refractivity (Wildman–Crippen MR) is 71.1 cm³/mol. The van der Waals surface area contributed by atoms with Gasteiger partial charge in [-0.3, -0.25) is 4.79 Å². The standard InChI is InChI=1S/C13H16N2O3S/c14-13(16)11-3-1-2-10-9(11)6-7-12(10)15-19(17,18)8-4-5-8/h1-3,8,12,15H,4-7H2,(H2,14,16). The lowest BCUT2D eigenvalue weighted by atomic mass is 10.0. The molecule has 3 rings (SSSR count). The molecule has 3 N–H and O–H groups in total. The molecule has 0 bridgehead atoms. The van der Waals surface area contributed by atoms with Crippen molar-refractivity contribution < 1.29 is 13.2 Å². The number of sulfonamides is 1. The zero-order valence-electron chi connectivity index (χ0n) is 10.4. The molecule has 1 saturated carbocycles. The van der Waals surface area contributed by atoms with Crippen LogP contribution in [0.15, 0.2) is 18.2 Å². The van der Waals surface area contributed by atoms with Gasteiger partial charge in [-0.05, 0) is 42.9 Å². The first kappa shape index (κ1) is 12.6. The summed E-state index contributed by atoms with van der Waals surface area (Å²) in [7, 11) is -3.21. The summed E-state index contributed by atoms with van der Waals surface area (Å²) in [5, 5.41) is -0.226. The Balaban J connectivity index is 1.90. The average Bonchev–Trinajstić information content (AvgIpc) is 3.14. The van der Waals surface area contributed by atoms with Crippen LogP contribution in [0.1, 0.15) is 46.8 Å². The smallest absolute Gasteiger partial charge is 0.248 e. The zero-order valence-corrected chi connectivity index (χ0v) is 11.2. The monoisotopic (exact) mass is 280 g/mol. The highest BCUT2D eigenvalue weighted by Crippen LogP contribution is 2.36. The molecule has 102 valence electrons. The summed E-state index contributed by atoms with van der Waals surface area (Å²) < 4.78 is 26.7. The summed E-state index contributed by atoms with van der Waals surface area (Å²) in [6.45, 7) is 0. The van der Waals surface area contributed by atoms with E-state index in [1.54, 1.807) is 12.1 Å². The molecule has 1 amide bonds. The highest BCUT2D eigenvalue weighted by atomic mass is 32.2. The van der Waals surface area contributed by atoms with Gasteiger partial charge in [0.05, 0.1) is 5.25 Å². The van der Waals surface area contributed by atoms with E-state index in [1.807, 2.05) is 6.07 Å². The van der Waals surface area contributed by atoms with Crippen LogP contribution in [0.4, 0.5) is 0 Å². The third-order valence-electron chi connectivity index (χ3n) is 3.81. The maximum Gasteiger partial charge on any atom is 0.248 e. The Kier molecular flexibility index (Phi) is 2.87. The molecule has 2 aliphatic carbocycles. The lowest BCUT2D eigenvalue weighted by molar-refractivity contribution is 0.0999. The summed E-state index contributed by atoms with van der Waals surface area (Å²) >= 11 is 0. The highest BCUT2D eigenvalue weighted by molar-refractivity contribution is 7.90. The fraction of sp³-hybridized carbons (Fsp3) is 0.462. The molecule has 5 nitrogen and oxygen atoms in total. The number of nitrogens with two attached hydrogens (primary N) is 1. The van der Waals surface area contributed by atoms with Gasteiger partial charge in [0.15, 0.2) is 0 Å². The fourth-order valence-electron chi connectivity index (χ4n) is 2.68. The van der Waals surface area contributed by atoms with Crippen LogP contribution >= 0.6 is 0 Å². The van der Waals surface area contributed by atoms with Gasteiger partial charge in [0, 0.05) is 11.6 Å². The van der Waals surface area contributed by atoms with E-state index in [0.717, 1.165) is 24.0 Å². The van der Waals surface area contributed by atoms with Crippen molar-refractivity contribution in [3.63, 3.8) is 0 Å². The second-order valence-corrected chi connectivity index (χ2v) is 7.18. The maximum atomic E-state index is 12.0. The molecule has 0 saturated heterocycles. The maximum absolute atomic E-state index is 12.0. The summed E-state index contributed by atoms with van der Waals surface area (Å²) in [4.78, 5) is 11.4. The minimum Gasteiger partial charge on any atom is -0.366 e. The first-order chi connectivity index (χ1) is 8.99. The second-order valence-electron chi connectivity index (χ2n) is 5.19. The van der Waals surface area contributed by atoms with Crippen LogP contribution in [0.25, 0.3) is 0 Å². The van der Waals surface area contributed by atoms with E-state index in [2.05, 4.69) is 4.72 Å². The first-order valence-electron chi connectivity index (χ1n) is 6.42. The van der Waals surface area contributed by atoms with Crippen LogP contribution in [0.5, 0.6) is 0 Å². The van der Waals surface area contributed by atoms with Crippen molar-refractivity contribution in [2.45, 2.75) is 37.0 Å². The quantitative estimate of drug-likeness (QED) is 0.857. The van der Waals surface area contributed by atoms with E-state index < -0.39 is 15.9 Å². The number of benzene rings is 1. The molecule has 0 radical (unpaired) electrons. The third-order valence-corrected chi connectivity index (χ3v) is 5.77. The van der Waals surface area contributed by atoms with Gasteiger partial charge < -0.3 is 5.73 Å². The molecule has 6 heteroatoms. The van der Waals surface area contributed by atoms with E-state index in [0.29, 0.717) is 18.4 Å². The molecular formula is C13H16N2O3S. The third kappa shape index (κ3) is 2.26. The Bertz CT molecular complexity index is 635. The molecule has 1 aromatic carbocycles. The molecule has 0 heterocycles. The van der Waals surface area contributed by atoms with Gasteiger partial charge in [0.2, 0.25) is 15.9 Å². The van der Waals surface area contributed by atoms with Gasteiger partial charge in [-0.2, -0.15) is 0 Å². The Morgan fingerprint density at radius 1 is 1.26 bits per heavy atom. The van der Waals surface area contributed by atoms with Crippen LogP contribution in [0.2, 0.25) is 0 Å². The Hall–Kier alpha value is -1.40. The lowest BCUT2D eigenvalue weighted by Crippen LogP contribution is -2.30. The molecule has 0 spiro atoms. The molecule has 1 atom stereocenters. The zero-order chi connectivity index (χ0) is 13.6. The molecule has 1 fully saturated rings. The molecule has 1 aromatic rings. The van der Waals surface area contributed by atoms with E-state index in [1.165, 1.54) is 0 Å². The Morgan fingerprint density at radius 2 is 2.00 bits per heavy atom. The highest BCUT2D eigenvalue weighted by Gasteiger charge is 2.38. The number of rotatable bonds is 4. The van der Waals surface area contributed by atoms with Gasteiger partial charge >= 0.3 is 0 Å². The van der Waals surface area contributed by atoms with Gasteiger partial charge in [-0.1, -0.05) is 12.1 Å².